The predicted molar refractivity (Wildman–Crippen MR) is 52.8 cm³/mol. The SMILES string of the molecule is O=C1OC(=O)C2=C1C1CCCCC2CC1. The third-order valence-corrected chi connectivity index (χ3v) is 3.95. The first kappa shape index (κ1) is 9.13. The number of cyclic esters (lactones) is 2. The third-order valence-electron chi connectivity index (χ3n) is 3.95. The van der Waals surface area contributed by atoms with Gasteiger partial charge in [-0.15, -0.1) is 0 Å². The highest BCUT2D eigenvalue weighted by Crippen LogP contribution is 2.45. The van der Waals surface area contributed by atoms with Crippen molar-refractivity contribution in [2.24, 2.45) is 11.8 Å². The number of ether oxygens (including phenoxy) is 1. The molecule has 80 valence electrons. The zero-order valence-corrected chi connectivity index (χ0v) is 8.62. The van der Waals surface area contributed by atoms with Crippen LogP contribution in [0, 0.1) is 11.8 Å². The Morgan fingerprint density at radius 3 is 1.73 bits per heavy atom. The van der Waals surface area contributed by atoms with Gasteiger partial charge in [-0.1, -0.05) is 12.8 Å². The lowest BCUT2D eigenvalue weighted by Crippen LogP contribution is -2.23. The fourth-order valence-corrected chi connectivity index (χ4v) is 3.24. The van der Waals surface area contributed by atoms with Crippen LogP contribution >= 0.6 is 0 Å². The van der Waals surface area contributed by atoms with E-state index in [1.165, 1.54) is 12.8 Å². The van der Waals surface area contributed by atoms with E-state index in [-0.39, 0.29) is 11.9 Å². The maximum atomic E-state index is 11.6. The molecule has 0 aromatic carbocycles. The Hall–Kier alpha value is -1.12. The summed E-state index contributed by atoms with van der Waals surface area (Å²) in [6.45, 7) is 0. The number of hydrogen-bond donors (Lipinski definition) is 0. The van der Waals surface area contributed by atoms with Gasteiger partial charge in [0.25, 0.3) is 0 Å². The van der Waals surface area contributed by atoms with Gasteiger partial charge < -0.3 is 4.74 Å². The van der Waals surface area contributed by atoms with Gasteiger partial charge in [0.1, 0.15) is 0 Å². The van der Waals surface area contributed by atoms with E-state index in [0.29, 0.717) is 11.8 Å². The van der Waals surface area contributed by atoms with E-state index >= 15 is 0 Å². The fourth-order valence-electron chi connectivity index (χ4n) is 3.24. The van der Waals surface area contributed by atoms with E-state index < -0.39 is 0 Å². The molecule has 0 fully saturated rings. The Balaban J connectivity index is 2.10. The summed E-state index contributed by atoms with van der Waals surface area (Å²) in [5.41, 5.74) is 1.46. The average Bonchev–Trinajstić information content (AvgIpc) is 2.43. The summed E-state index contributed by atoms with van der Waals surface area (Å²) in [4.78, 5) is 23.1. The van der Waals surface area contributed by atoms with E-state index in [1.54, 1.807) is 0 Å². The second kappa shape index (κ2) is 3.19. The van der Waals surface area contributed by atoms with Crippen LogP contribution in [0.5, 0.6) is 0 Å². The second-order valence-corrected chi connectivity index (χ2v) is 4.76. The molecule has 2 unspecified atom stereocenters. The first-order valence-electron chi connectivity index (χ1n) is 5.78. The fraction of sp³-hybridized carbons (Fsp3) is 0.667. The Morgan fingerprint density at radius 2 is 1.27 bits per heavy atom. The lowest BCUT2D eigenvalue weighted by Gasteiger charge is -2.30. The van der Waals surface area contributed by atoms with Crippen molar-refractivity contribution >= 4 is 11.9 Å². The molecule has 3 aliphatic rings. The molecule has 0 aromatic heterocycles. The average molecular weight is 206 g/mol. The first-order chi connectivity index (χ1) is 7.27. The van der Waals surface area contributed by atoms with Crippen LogP contribution in [0.4, 0.5) is 0 Å². The maximum Gasteiger partial charge on any atom is 0.342 e. The van der Waals surface area contributed by atoms with E-state index in [9.17, 15) is 9.59 Å². The largest absolute Gasteiger partial charge is 0.386 e. The van der Waals surface area contributed by atoms with Gasteiger partial charge in [0.2, 0.25) is 0 Å². The number of esters is 2. The zero-order chi connectivity index (χ0) is 10.4. The molecule has 0 amide bonds. The molecule has 0 spiro atoms. The topological polar surface area (TPSA) is 43.4 Å². The van der Waals surface area contributed by atoms with Gasteiger partial charge in [0.15, 0.2) is 0 Å². The van der Waals surface area contributed by atoms with Crippen LogP contribution in [-0.4, -0.2) is 11.9 Å². The van der Waals surface area contributed by atoms with Crippen molar-refractivity contribution in [3.8, 4) is 0 Å². The van der Waals surface area contributed by atoms with E-state index in [4.69, 9.17) is 4.74 Å². The number of carbonyl (C=O) groups is 2. The second-order valence-electron chi connectivity index (χ2n) is 4.76. The summed E-state index contributed by atoms with van der Waals surface area (Å²) >= 11 is 0. The monoisotopic (exact) mass is 206 g/mol. The Bertz CT molecular complexity index is 333. The highest BCUT2D eigenvalue weighted by Gasteiger charge is 2.44. The van der Waals surface area contributed by atoms with Crippen LogP contribution in [-0.2, 0) is 14.3 Å². The van der Waals surface area contributed by atoms with Gasteiger partial charge >= 0.3 is 11.9 Å². The molecule has 2 bridgehead atoms. The number of rotatable bonds is 0. The quantitative estimate of drug-likeness (QED) is 0.449. The molecular formula is C12H14O3. The zero-order valence-electron chi connectivity index (χ0n) is 8.62. The molecule has 15 heavy (non-hydrogen) atoms. The highest BCUT2D eigenvalue weighted by atomic mass is 16.6. The van der Waals surface area contributed by atoms with Crippen molar-refractivity contribution in [3.63, 3.8) is 0 Å². The van der Waals surface area contributed by atoms with Crippen LogP contribution < -0.4 is 0 Å². The summed E-state index contributed by atoms with van der Waals surface area (Å²) in [5, 5.41) is 0. The van der Waals surface area contributed by atoms with E-state index in [0.717, 1.165) is 36.8 Å². The standard InChI is InChI=1S/C12H14O3/c13-11-9-7-3-1-2-4-8(6-5-7)10(9)12(14)15-11/h7-8H,1-6H2. The first-order valence-corrected chi connectivity index (χ1v) is 5.78. The van der Waals surface area contributed by atoms with Gasteiger partial charge in [-0.05, 0) is 37.5 Å². The lowest BCUT2D eigenvalue weighted by atomic mass is 9.71. The van der Waals surface area contributed by atoms with Crippen LogP contribution in [0.25, 0.3) is 0 Å². The van der Waals surface area contributed by atoms with Gasteiger partial charge in [0.05, 0.1) is 11.1 Å². The number of carbonyl (C=O) groups excluding carboxylic acids is 2. The molecule has 0 saturated heterocycles. The molecular weight excluding hydrogens is 192 g/mol. The molecule has 1 aliphatic heterocycles. The normalized spacial score (nSPS) is 34.9. The van der Waals surface area contributed by atoms with Crippen molar-refractivity contribution in [1.29, 1.82) is 0 Å². The maximum absolute atomic E-state index is 11.6. The van der Waals surface area contributed by atoms with Crippen LogP contribution in [0.15, 0.2) is 11.1 Å². The van der Waals surface area contributed by atoms with Crippen molar-refractivity contribution in [2.75, 3.05) is 0 Å². The van der Waals surface area contributed by atoms with Gasteiger partial charge in [0, 0.05) is 0 Å². The summed E-state index contributed by atoms with van der Waals surface area (Å²) in [5.74, 6) is -0.107. The summed E-state index contributed by atoms with van der Waals surface area (Å²) in [6, 6.07) is 0. The molecule has 0 N–H and O–H groups in total. The van der Waals surface area contributed by atoms with Crippen LogP contribution in [0.2, 0.25) is 0 Å². The molecule has 3 nitrogen and oxygen atoms in total. The van der Waals surface area contributed by atoms with Crippen LogP contribution in [0.1, 0.15) is 38.5 Å². The summed E-state index contributed by atoms with van der Waals surface area (Å²) in [7, 11) is 0. The molecule has 0 saturated carbocycles. The van der Waals surface area contributed by atoms with E-state index in [2.05, 4.69) is 0 Å². The van der Waals surface area contributed by atoms with Gasteiger partial charge in [-0.3, -0.25) is 0 Å². The summed E-state index contributed by atoms with van der Waals surface area (Å²) in [6.07, 6.45) is 6.58. The minimum absolute atomic E-state index is 0.301. The van der Waals surface area contributed by atoms with Crippen molar-refractivity contribution in [1.82, 2.24) is 0 Å². The smallest absolute Gasteiger partial charge is 0.342 e. The minimum atomic E-state index is -0.355. The van der Waals surface area contributed by atoms with E-state index in [1.807, 2.05) is 0 Å². The highest BCUT2D eigenvalue weighted by molar-refractivity contribution is 6.13. The Morgan fingerprint density at radius 1 is 0.800 bits per heavy atom. The summed E-state index contributed by atoms with van der Waals surface area (Å²) < 4.78 is 4.75. The van der Waals surface area contributed by atoms with Crippen LogP contribution in [0.3, 0.4) is 0 Å². The molecule has 0 aromatic rings. The molecule has 2 atom stereocenters. The van der Waals surface area contributed by atoms with Crippen molar-refractivity contribution in [2.45, 2.75) is 38.5 Å². The molecule has 3 heteroatoms. The minimum Gasteiger partial charge on any atom is -0.386 e. The van der Waals surface area contributed by atoms with Crippen molar-refractivity contribution in [3.05, 3.63) is 11.1 Å². The van der Waals surface area contributed by atoms with Gasteiger partial charge in [-0.25, -0.2) is 9.59 Å². The van der Waals surface area contributed by atoms with Gasteiger partial charge in [-0.2, -0.15) is 0 Å². The predicted octanol–water partition coefficient (Wildman–Crippen LogP) is 1.97. The molecule has 0 radical (unpaired) electrons. The van der Waals surface area contributed by atoms with Crippen molar-refractivity contribution < 1.29 is 14.3 Å². The molecule has 2 aliphatic carbocycles. The lowest BCUT2D eigenvalue weighted by molar-refractivity contribution is -0.151. The molecule has 1 heterocycles. The Labute approximate surface area is 88.5 Å². The Kier molecular flexibility index (Phi) is 1.94. The molecule has 3 rings (SSSR count). The third kappa shape index (κ3) is 1.25. The number of hydrogen-bond acceptors (Lipinski definition) is 3.